The van der Waals surface area contributed by atoms with Gasteiger partial charge >= 0.3 is 0 Å². The molecule has 1 aromatic heterocycles. The number of rotatable bonds is 3. The molecule has 2 heterocycles. The van der Waals surface area contributed by atoms with Crippen LogP contribution in [0.2, 0.25) is 0 Å². The van der Waals surface area contributed by atoms with Gasteiger partial charge in [-0.05, 0) is 68.6 Å². The Kier molecular flexibility index (Phi) is 5.72. The zero-order valence-corrected chi connectivity index (χ0v) is 23.2. The average Bonchev–Trinajstić information content (AvgIpc) is 3.03. The van der Waals surface area contributed by atoms with Crippen LogP contribution in [0.5, 0.6) is 0 Å². The summed E-state index contributed by atoms with van der Waals surface area (Å²) in [4.78, 5) is 10.3. The summed E-state index contributed by atoms with van der Waals surface area (Å²) in [5.41, 5.74) is 7.01. The Morgan fingerprint density at radius 3 is 1.52 bits per heavy atom. The molecule has 8 rings (SSSR count). The van der Waals surface area contributed by atoms with Crippen molar-refractivity contribution in [1.82, 2.24) is 4.98 Å². The molecule has 0 saturated carbocycles. The topological polar surface area (TPSA) is 12.9 Å². The Morgan fingerprint density at radius 2 is 0.900 bits per heavy atom. The third-order valence-electron chi connectivity index (χ3n) is 7.58. The first-order valence-electron chi connectivity index (χ1n) is 13.4. The lowest BCUT2D eigenvalue weighted by Crippen LogP contribution is -1.93. The number of pyridine rings is 1. The maximum atomic E-state index is 5.06. The Morgan fingerprint density at radius 1 is 0.375 bits per heavy atom. The molecule has 1 aliphatic rings. The van der Waals surface area contributed by atoms with Gasteiger partial charge in [-0.15, -0.1) is 0 Å². The Hall–Kier alpha value is -4.31. The quantitative estimate of drug-likeness (QED) is 0.205. The van der Waals surface area contributed by atoms with E-state index in [4.69, 9.17) is 4.98 Å². The molecule has 0 N–H and O–H groups in total. The Balaban J connectivity index is 1.25. The molecule has 7 aromatic rings. The van der Waals surface area contributed by atoms with Gasteiger partial charge in [0.1, 0.15) is 0 Å². The van der Waals surface area contributed by atoms with Crippen molar-refractivity contribution in [3.05, 3.63) is 140 Å². The van der Waals surface area contributed by atoms with E-state index in [2.05, 4.69) is 133 Å². The second-order valence-electron chi connectivity index (χ2n) is 9.95. The number of nitrogens with zero attached hydrogens (tertiary/aromatic N) is 1. The van der Waals surface area contributed by atoms with E-state index < -0.39 is 0 Å². The molecule has 188 valence electrons. The van der Waals surface area contributed by atoms with Crippen LogP contribution in [0.1, 0.15) is 0 Å². The second kappa shape index (κ2) is 9.71. The van der Waals surface area contributed by atoms with Gasteiger partial charge in [0.25, 0.3) is 0 Å². The average molecular weight is 546 g/mol. The summed E-state index contributed by atoms with van der Waals surface area (Å²) in [5, 5.41) is 4.94. The van der Waals surface area contributed by atoms with Crippen LogP contribution in [-0.2, 0) is 0 Å². The summed E-state index contributed by atoms with van der Waals surface area (Å²) in [5.74, 6) is 0. The molecule has 6 aromatic carbocycles. The summed E-state index contributed by atoms with van der Waals surface area (Å²) in [6.45, 7) is 0. The minimum absolute atomic E-state index is 0.993. The van der Waals surface area contributed by atoms with E-state index in [-0.39, 0.29) is 0 Å². The van der Waals surface area contributed by atoms with Crippen molar-refractivity contribution in [2.45, 2.75) is 19.6 Å². The fourth-order valence-corrected chi connectivity index (χ4v) is 7.99. The zero-order chi connectivity index (χ0) is 26.5. The van der Waals surface area contributed by atoms with Crippen LogP contribution in [0.15, 0.2) is 159 Å². The normalized spacial score (nSPS) is 12.3. The lowest BCUT2D eigenvalue weighted by molar-refractivity contribution is 1.16. The fraction of sp³-hybridized carbons (Fsp3) is 0. The van der Waals surface area contributed by atoms with Crippen molar-refractivity contribution in [3.63, 3.8) is 0 Å². The van der Waals surface area contributed by atoms with E-state index in [1.807, 2.05) is 29.7 Å². The van der Waals surface area contributed by atoms with Crippen LogP contribution in [0, 0.1) is 0 Å². The van der Waals surface area contributed by atoms with E-state index in [9.17, 15) is 0 Å². The summed E-state index contributed by atoms with van der Waals surface area (Å²) in [7, 11) is 0. The molecule has 0 fully saturated rings. The van der Waals surface area contributed by atoms with E-state index in [0.29, 0.717) is 0 Å². The highest BCUT2D eigenvalue weighted by atomic mass is 32.2. The summed E-state index contributed by atoms with van der Waals surface area (Å²) >= 11 is 3.70. The first kappa shape index (κ1) is 23.6. The standard InChI is InChI=1S/C37H23NS2/c1-2-10-24(11-3-1)36-27-12-4-6-14-29(27)37(30-15-7-5-13-28(30)36)31-20-18-26(23-38-31)25-19-21-34-35(22-25)40-33-17-9-8-16-32(33)39-34/h1-23H. The molecule has 0 spiro atoms. The van der Waals surface area contributed by atoms with Gasteiger partial charge < -0.3 is 0 Å². The van der Waals surface area contributed by atoms with Gasteiger partial charge in [0.15, 0.2) is 0 Å². The van der Waals surface area contributed by atoms with Gasteiger partial charge in [0, 0.05) is 36.9 Å². The number of aromatic nitrogens is 1. The van der Waals surface area contributed by atoms with Crippen molar-refractivity contribution in [2.75, 3.05) is 0 Å². The van der Waals surface area contributed by atoms with Crippen molar-refractivity contribution in [1.29, 1.82) is 0 Å². The molecule has 0 bridgehead atoms. The summed E-state index contributed by atoms with van der Waals surface area (Å²) in [6, 6.07) is 48.0. The summed E-state index contributed by atoms with van der Waals surface area (Å²) in [6.07, 6.45) is 2.03. The van der Waals surface area contributed by atoms with Crippen LogP contribution in [0.4, 0.5) is 0 Å². The lowest BCUT2D eigenvalue weighted by atomic mass is 9.87. The van der Waals surface area contributed by atoms with Crippen molar-refractivity contribution in [3.8, 4) is 33.5 Å². The second-order valence-corrected chi connectivity index (χ2v) is 12.1. The molecule has 0 aliphatic carbocycles. The Labute approximate surface area is 241 Å². The lowest BCUT2D eigenvalue weighted by Gasteiger charge is -2.19. The van der Waals surface area contributed by atoms with Crippen LogP contribution < -0.4 is 0 Å². The Bertz CT molecular complexity index is 1990. The minimum Gasteiger partial charge on any atom is -0.256 e. The van der Waals surface area contributed by atoms with E-state index in [1.165, 1.54) is 63.4 Å². The van der Waals surface area contributed by atoms with Crippen molar-refractivity contribution < 1.29 is 0 Å². The van der Waals surface area contributed by atoms with Crippen LogP contribution in [-0.4, -0.2) is 4.98 Å². The molecule has 1 nitrogen and oxygen atoms in total. The van der Waals surface area contributed by atoms with E-state index >= 15 is 0 Å². The van der Waals surface area contributed by atoms with Gasteiger partial charge in [0.05, 0.1) is 5.69 Å². The van der Waals surface area contributed by atoms with Crippen molar-refractivity contribution in [2.24, 2.45) is 0 Å². The van der Waals surface area contributed by atoms with Gasteiger partial charge in [-0.1, -0.05) is 127 Å². The molecule has 1 aliphatic heterocycles. The van der Waals surface area contributed by atoms with E-state index in [1.54, 1.807) is 0 Å². The minimum atomic E-state index is 0.993. The molecule has 0 amide bonds. The maximum absolute atomic E-state index is 5.06. The highest BCUT2D eigenvalue weighted by Crippen LogP contribution is 2.49. The van der Waals surface area contributed by atoms with Gasteiger partial charge in [-0.25, -0.2) is 0 Å². The van der Waals surface area contributed by atoms with Gasteiger partial charge in [0.2, 0.25) is 0 Å². The van der Waals surface area contributed by atoms with E-state index in [0.717, 1.165) is 11.3 Å². The van der Waals surface area contributed by atoms with Gasteiger partial charge in [-0.3, -0.25) is 4.98 Å². The summed E-state index contributed by atoms with van der Waals surface area (Å²) < 4.78 is 0. The molecule has 0 saturated heterocycles. The van der Waals surface area contributed by atoms with Crippen molar-refractivity contribution >= 4 is 45.1 Å². The monoisotopic (exact) mass is 545 g/mol. The number of fused-ring (bicyclic) bond motifs is 4. The molecule has 3 heteroatoms. The predicted octanol–water partition coefficient (Wildman–Crippen LogP) is 11.0. The number of hydrogen-bond acceptors (Lipinski definition) is 3. The molecule has 0 radical (unpaired) electrons. The van der Waals surface area contributed by atoms with Crippen LogP contribution in [0.3, 0.4) is 0 Å². The van der Waals surface area contributed by atoms with Crippen LogP contribution >= 0.6 is 23.5 Å². The predicted molar refractivity (Wildman–Crippen MR) is 170 cm³/mol. The highest BCUT2D eigenvalue weighted by Gasteiger charge is 2.19. The molecule has 0 atom stereocenters. The molecular weight excluding hydrogens is 523 g/mol. The molecular formula is C37H23NS2. The zero-order valence-electron chi connectivity index (χ0n) is 21.5. The first-order valence-corrected chi connectivity index (χ1v) is 15.0. The maximum Gasteiger partial charge on any atom is 0.0714 e. The number of benzene rings is 6. The number of hydrogen-bond donors (Lipinski definition) is 0. The van der Waals surface area contributed by atoms with Gasteiger partial charge in [-0.2, -0.15) is 0 Å². The third-order valence-corrected chi connectivity index (χ3v) is 10.1. The molecule has 40 heavy (non-hydrogen) atoms. The van der Waals surface area contributed by atoms with Crippen LogP contribution in [0.25, 0.3) is 55.1 Å². The largest absolute Gasteiger partial charge is 0.256 e. The highest BCUT2D eigenvalue weighted by molar-refractivity contribution is 8.05. The SMILES string of the molecule is c1ccc(-c2c3ccccc3c(-c3ccc(-c4ccc5c(c4)Sc4ccccc4S5)cn3)c3ccccc23)cc1. The first-order chi connectivity index (χ1) is 19.8. The third kappa shape index (κ3) is 3.93. The smallest absolute Gasteiger partial charge is 0.0714 e. The molecule has 0 unspecified atom stereocenters. The fourth-order valence-electron chi connectivity index (χ4n) is 5.74.